The second kappa shape index (κ2) is 8.57. The fourth-order valence-corrected chi connectivity index (χ4v) is 4.91. The molecule has 8 nitrogen and oxygen atoms in total. The number of hydrogen-bond donors (Lipinski definition) is 0. The lowest BCUT2D eigenvalue weighted by Gasteiger charge is -2.45. The van der Waals surface area contributed by atoms with Gasteiger partial charge < -0.3 is 9.80 Å². The van der Waals surface area contributed by atoms with Crippen LogP contribution in [0, 0.1) is 5.92 Å². The van der Waals surface area contributed by atoms with Crippen LogP contribution in [0.2, 0.25) is 0 Å². The summed E-state index contributed by atoms with van der Waals surface area (Å²) in [4.78, 5) is 31.5. The molecule has 2 fully saturated rings. The maximum Gasteiger partial charge on any atom is 0.222 e. The van der Waals surface area contributed by atoms with E-state index in [1.54, 1.807) is 36.4 Å². The number of amides is 2. The monoisotopic (exact) mass is 408 g/mol. The molecule has 2 aliphatic rings. The first-order valence-corrected chi connectivity index (χ1v) is 11.5. The molecule has 3 rings (SSSR count). The van der Waals surface area contributed by atoms with Gasteiger partial charge in [0.2, 0.25) is 21.8 Å². The Kier molecular flexibility index (Phi) is 6.34. The third-order valence-electron chi connectivity index (χ3n) is 5.66. The molecule has 0 unspecified atom stereocenters. The lowest BCUT2D eigenvalue weighted by atomic mass is 9.92. The zero-order chi connectivity index (χ0) is 20.3. The molecule has 154 valence electrons. The topological polar surface area (TPSA) is 90.9 Å². The third-order valence-corrected chi connectivity index (χ3v) is 6.94. The fourth-order valence-electron chi connectivity index (χ4n) is 3.85. The highest BCUT2D eigenvalue weighted by atomic mass is 32.2. The van der Waals surface area contributed by atoms with Crippen LogP contribution in [-0.2, 0) is 26.2 Å². The van der Waals surface area contributed by atoms with Crippen LogP contribution in [-0.4, -0.2) is 77.8 Å². The van der Waals surface area contributed by atoms with E-state index in [-0.39, 0.29) is 24.4 Å². The summed E-state index contributed by atoms with van der Waals surface area (Å²) in [5, 5.41) is 0. The molecule has 0 aliphatic carbocycles. The van der Waals surface area contributed by atoms with Gasteiger partial charge in [0.15, 0.2) is 0 Å². The van der Waals surface area contributed by atoms with Gasteiger partial charge in [-0.15, -0.1) is 0 Å². The average molecular weight is 409 g/mol. The van der Waals surface area contributed by atoms with Gasteiger partial charge in [0.25, 0.3) is 0 Å². The number of aromatic nitrogens is 1. The summed E-state index contributed by atoms with van der Waals surface area (Å²) in [6.45, 7) is 4.16. The van der Waals surface area contributed by atoms with Gasteiger partial charge in [-0.3, -0.25) is 14.6 Å². The van der Waals surface area contributed by atoms with E-state index in [9.17, 15) is 18.0 Å². The Morgan fingerprint density at radius 2 is 1.75 bits per heavy atom. The summed E-state index contributed by atoms with van der Waals surface area (Å²) in [6.07, 6.45) is 6.66. The van der Waals surface area contributed by atoms with E-state index in [0.717, 1.165) is 18.4 Å². The summed E-state index contributed by atoms with van der Waals surface area (Å²) in [7, 11) is -3.38. The Morgan fingerprint density at radius 3 is 2.29 bits per heavy atom. The maximum atomic E-state index is 12.6. The van der Waals surface area contributed by atoms with Gasteiger partial charge in [-0.2, -0.15) is 4.31 Å². The van der Waals surface area contributed by atoms with Crippen molar-refractivity contribution < 1.29 is 18.0 Å². The minimum Gasteiger partial charge on any atom is -0.343 e. The molecule has 0 atom stereocenters. The van der Waals surface area contributed by atoms with Crippen molar-refractivity contribution in [2.45, 2.75) is 38.8 Å². The predicted octanol–water partition coefficient (Wildman–Crippen LogP) is 0.703. The van der Waals surface area contributed by atoms with Crippen molar-refractivity contribution in [2.24, 2.45) is 5.92 Å². The molecule has 2 amide bonds. The smallest absolute Gasteiger partial charge is 0.222 e. The van der Waals surface area contributed by atoms with Crippen LogP contribution in [0.3, 0.4) is 0 Å². The molecule has 0 aromatic carbocycles. The van der Waals surface area contributed by atoms with Gasteiger partial charge in [0.05, 0.1) is 12.3 Å². The quantitative estimate of drug-likeness (QED) is 0.691. The number of carbonyl (C=O) groups excluding carboxylic acids is 2. The zero-order valence-electron chi connectivity index (χ0n) is 16.5. The molecular weight excluding hydrogens is 380 g/mol. The van der Waals surface area contributed by atoms with Crippen molar-refractivity contribution in [3.05, 3.63) is 30.1 Å². The van der Waals surface area contributed by atoms with Gasteiger partial charge >= 0.3 is 0 Å². The number of nitrogens with zero attached hydrogens (tertiary/aromatic N) is 4. The molecule has 28 heavy (non-hydrogen) atoms. The average Bonchev–Trinajstić information content (AvgIpc) is 2.60. The predicted molar refractivity (Wildman–Crippen MR) is 105 cm³/mol. The molecule has 2 aliphatic heterocycles. The van der Waals surface area contributed by atoms with Gasteiger partial charge in [-0.05, 0) is 36.5 Å². The van der Waals surface area contributed by atoms with Gasteiger partial charge in [-0.1, -0.05) is 0 Å². The number of sulfonamides is 1. The maximum absolute atomic E-state index is 12.6. The van der Waals surface area contributed by atoms with E-state index < -0.39 is 10.0 Å². The summed E-state index contributed by atoms with van der Waals surface area (Å²) in [5.41, 5.74) is 0.877. The second-order valence-corrected chi connectivity index (χ2v) is 9.70. The lowest BCUT2D eigenvalue weighted by molar-refractivity contribution is -0.139. The van der Waals surface area contributed by atoms with Crippen molar-refractivity contribution in [3.8, 4) is 0 Å². The molecule has 9 heteroatoms. The van der Waals surface area contributed by atoms with Crippen molar-refractivity contribution in [3.63, 3.8) is 0 Å². The van der Waals surface area contributed by atoms with E-state index in [1.165, 1.54) is 10.6 Å². The lowest BCUT2D eigenvalue weighted by Crippen LogP contribution is -2.62. The minimum atomic E-state index is -3.38. The standard InChI is InChI=1S/C19H28N4O4S/c1-15(24)21-9-5-16(6-10-21)11-19(25)22-13-18(14-22)23(28(2,26)27)12-17-3-7-20-8-4-17/h3-4,7-8,16,18H,5-6,9-14H2,1-2H3. The van der Waals surface area contributed by atoms with E-state index in [1.807, 2.05) is 4.90 Å². The molecular formula is C19H28N4O4S. The summed E-state index contributed by atoms with van der Waals surface area (Å²) in [5.74, 6) is 0.463. The number of pyridine rings is 1. The number of likely N-dealkylation sites (tertiary alicyclic amines) is 2. The molecule has 0 radical (unpaired) electrons. The minimum absolute atomic E-state index is 0.0786. The van der Waals surface area contributed by atoms with Crippen LogP contribution in [0.5, 0.6) is 0 Å². The Labute approximate surface area is 166 Å². The Morgan fingerprint density at radius 1 is 1.14 bits per heavy atom. The number of hydrogen-bond acceptors (Lipinski definition) is 5. The Balaban J connectivity index is 1.50. The molecule has 0 bridgehead atoms. The van der Waals surface area contributed by atoms with Crippen LogP contribution in [0.15, 0.2) is 24.5 Å². The van der Waals surface area contributed by atoms with Crippen LogP contribution < -0.4 is 0 Å². The van der Waals surface area contributed by atoms with Crippen molar-refractivity contribution >= 4 is 21.8 Å². The summed E-state index contributed by atoms with van der Waals surface area (Å²) >= 11 is 0. The molecule has 0 saturated carbocycles. The van der Waals surface area contributed by atoms with Gasteiger partial charge in [-0.25, -0.2) is 8.42 Å². The Bertz CT molecular complexity index is 800. The number of carbonyl (C=O) groups is 2. The first kappa shape index (κ1) is 20.7. The van der Waals surface area contributed by atoms with Crippen molar-refractivity contribution in [1.82, 2.24) is 19.1 Å². The van der Waals surface area contributed by atoms with E-state index in [0.29, 0.717) is 38.5 Å². The summed E-state index contributed by atoms with van der Waals surface area (Å²) in [6, 6.07) is 3.41. The normalized spacial score (nSPS) is 19.0. The van der Waals surface area contributed by atoms with Crippen LogP contribution in [0.1, 0.15) is 31.7 Å². The van der Waals surface area contributed by atoms with Crippen LogP contribution in [0.4, 0.5) is 0 Å². The number of rotatable bonds is 6. The highest BCUT2D eigenvalue weighted by Gasteiger charge is 2.39. The van der Waals surface area contributed by atoms with E-state index in [2.05, 4.69) is 4.98 Å². The van der Waals surface area contributed by atoms with Crippen LogP contribution in [0.25, 0.3) is 0 Å². The van der Waals surface area contributed by atoms with Crippen molar-refractivity contribution in [1.29, 1.82) is 0 Å². The van der Waals surface area contributed by atoms with Crippen LogP contribution >= 0.6 is 0 Å². The molecule has 0 N–H and O–H groups in total. The van der Waals surface area contributed by atoms with Gasteiger partial charge in [0, 0.05) is 58.5 Å². The molecule has 3 heterocycles. The molecule has 0 spiro atoms. The molecule has 2 saturated heterocycles. The first-order valence-electron chi connectivity index (χ1n) is 9.63. The summed E-state index contributed by atoms with van der Waals surface area (Å²) < 4.78 is 25.9. The first-order chi connectivity index (χ1) is 13.2. The molecule has 1 aromatic heterocycles. The van der Waals surface area contributed by atoms with Gasteiger partial charge in [0.1, 0.15) is 0 Å². The molecule has 1 aromatic rings. The second-order valence-electron chi connectivity index (χ2n) is 7.77. The largest absolute Gasteiger partial charge is 0.343 e. The van der Waals surface area contributed by atoms with Crippen molar-refractivity contribution in [2.75, 3.05) is 32.4 Å². The number of piperidine rings is 1. The zero-order valence-corrected chi connectivity index (χ0v) is 17.3. The van der Waals surface area contributed by atoms with E-state index >= 15 is 0 Å². The highest BCUT2D eigenvalue weighted by molar-refractivity contribution is 7.88. The van der Waals surface area contributed by atoms with E-state index in [4.69, 9.17) is 0 Å². The Hall–Kier alpha value is -2.00. The SMILES string of the molecule is CC(=O)N1CCC(CC(=O)N2CC(N(Cc3ccncc3)S(C)(=O)=O)C2)CC1. The third kappa shape index (κ3) is 5.08. The fraction of sp³-hybridized carbons (Fsp3) is 0.632. The highest BCUT2D eigenvalue weighted by Crippen LogP contribution is 2.25.